The molecule has 1 unspecified atom stereocenters. The monoisotopic (exact) mass is 200 g/mol. The van der Waals surface area contributed by atoms with Crippen LogP contribution in [0.2, 0.25) is 0 Å². The highest BCUT2D eigenvalue weighted by molar-refractivity contribution is 8.12. The smallest absolute Gasteiger partial charge is 0.224 e. The largest absolute Gasteiger partial charge is 0.228 e. The van der Waals surface area contributed by atoms with Gasteiger partial charge in [-0.15, -0.1) is 4.31 Å². The standard InChI is InChI=1S/C5H14NO3S2/c1-6(2)10(3,7)5-11(4,8)9/h5H2,1-4H3/q+1. The number of hydrogen-bond donors (Lipinski definition) is 0. The van der Waals surface area contributed by atoms with E-state index in [1.807, 2.05) is 0 Å². The van der Waals surface area contributed by atoms with Gasteiger partial charge >= 0.3 is 0 Å². The second-order valence-electron chi connectivity index (χ2n) is 2.82. The Morgan fingerprint density at radius 2 is 1.73 bits per heavy atom. The van der Waals surface area contributed by atoms with E-state index < -0.39 is 20.0 Å². The fraction of sp³-hybridized carbons (Fsp3) is 1.00. The van der Waals surface area contributed by atoms with Gasteiger partial charge in [-0.25, -0.2) is 8.42 Å². The minimum absolute atomic E-state index is 0.271. The van der Waals surface area contributed by atoms with E-state index in [1.54, 1.807) is 14.1 Å². The van der Waals surface area contributed by atoms with Gasteiger partial charge in [0.15, 0.2) is 20.0 Å². The molecule has 0 aliphatic heterocycles. The Labute approximate surface area is 69.1 Å². The first-order chi connectivity index (χ1) is 4.65. The van der Waals surface area contributed by atoms with E-state index in [0.29, 0.717) is 0 Å². The first kappa shape index (κ1) is 11.1. The van der Waals surface area contributed by atoms with Crippen LogP contribution in [0.3, 0.4) is 0 Å². The van der Waals surface area contributed by atoms with Crippen molar-refractivity contribution in [3.05, 3.63) is 0 Å². The van der Waals surface area contributed by atoms with Crippen LogP contribution in [0.5, 0.6) is 0 Å². The Bertz CT molecular complexity index is 267. The summed E-state index contributed by atoms with van der Waals surface area (Å²) in [7, 11) is -2.30. The van der Waals surface area contributed by atoms with Gasteiger partial charge in [-0.3, -0.25) is 0 Å². The Morgan fingerprint density at radius 3 is 1.82 bits per heavy atom. The zero-order valence-electron chi connectivity index (χ0n) is 7.20. The third-order valence-corrected chi connectivity index (χ3v) is 6.21. The van der Waals surface area contributed by atoms with Gasteiger partial charge in [0.1, 0.15) is 6.26 Å². The molecule has 0 rings (SSSR count). The van der Waals surface area contributed by atoms with Gasteiger partial charge in [-0.05, 0) is 0 Å². The molecule has 0 saturated heterocycles. The normalized spacial score (nSPS) is 18.3. The molecule has 0 spiro atoms. The molecule has 0 fully saturated rings. The zero-order valence-corrected chi connectivity index (χ0v) is 8.83. The van der Waals surface area contributed by atoms with Gasteiger partial charge in [-0.2, -0.15) is 0 Å². The lowest BCUT2D eigenvalue weighted by molar-refractivity contribution is 0.537. The van der Waals surface area contributed by atoms with Crippen LogP contribution < -0.4 is 0 Å². The van der Waals surface area contributed by atoms with E-state index >= 15 is 0 Å². The maximum atomic E-state index is 11.4. The fourth-order valence-corrected chi connectivity index (χ4v) is 4.52. The molecule has 0 aromatic heterocycles. The Balaban J connectivity index is 4.52. The lowest BCUT2D eigenvalue weighted by atomic mass is 11.3. The van der Waals surface area contributed by atoms with E-state index in [-0.39, 0.29) is 5.08 Å². The second kappa shape index (κ2) is 3.20. The minimum Gasteiger partial charge on any atom is -0.224 e. The molecule has 0 saturated carbocycles. The van der Waals surface area contributed by atoms with Crippen LogP contribution in [0.4, 0.5) is 0 Å². The molecule has 0 aliphatic carbocycles. The first-order valence-electron chi connectivity index (χ1n) is 2.97. The van der Waals surface area contributed by atoms with Gasteiger partial charge < -0.3 is 0 Å². The van der Waals surface area contributed by atoms with E-state index in [1.165, 1.54) is 10.6 Å². The topological polar surface area (TPSA) is 54.5 Å². The van der Waals surface area contributed by atoms with Gasteiger partial charge in [-0.1, -0.05) is 4.21 Å². The highest BCUT2D eigenvalue weighted by Crippen LogP contribution is 2.06. The van der Waals surface area contributed by atoms with Gasteiger partial charge in [0.05, 0.1) is 0 Å². The summed E-state index contributed by atoms with van der Waals surface area (Å²) < 4.78 is 34.4. The van der Waals surface area contributed by atoms with Crippen LogP contribution in [0, 0.1) is 0 Å². The first-order valence-corrected chi connectivity index (χ1v) is 7.12. The van der Waals surface area contributed by atoms with Crippen LogP contribution >= 0.6 is 0 Å². The van der Waals surface area contributed by atoms with Crippen LogP contribution in [-0.2, 0) is 24.2 Å². The summed E-state index contributed by atoms with van der Waals surface area (Å²) >= 11 is 0. The summed E-state index contributed by atoms with van der Waals surface area (Å²) in [4.78, 5) is 0. The summed E-state index contributed by atoms with van der Waals surface area (Å²) in [6, 6.07) is 0. The molecule has 0 amide bonds. The van der Waals surface area contributed by atoms with Crippen LogP contribution in [-0.4, -0.2) is 44.4 Å². The fourth-order valence-electron chi connectivity index (χ4n) is 0.503. The average molecular weight is 200 g/mol. The van der Waals surface area contributed by atoms with E-state index in [4.69, 9.17) is 0 Å². The zero-order chi connectivity index (χ0) is 9.28. The predicted molar refractivity (Wildman–Crippen MR) is 47.4 cm³/mol. The van der Waals surface area contributed by atoms with Crippen LogP contribution in [0.15, 0.2) is 0 Å². The van der Waals surface area contributed by atoms with Crippen molar-refractivity contribution in [1.29, 1.82) is 0 Å². The third-order valence-electron chi connectivity index (χ3n) is 1.21. The molecule has 0 aromatic rings. The van der Waals surface area contributed by atoms with E-state index in [2.05, 4.69) is 0 Å². The molecule has 0 aliphatic rings. The number of nitrogens with zero attached hydrogens (tertiary/aromatic N) is 1. The average Bonchev–Trinajstić information content (AvgIpc) is 1.56. The number of sulfone groups is 1. The number of rotatable bonds is 3. The minimum atomic E-state index is -3.14. The van der Waals surface area contributed by atoms with Crippen molar-refractivity contribution in [3.8, 4) is 0 Å². The Hall–Kier alpha value is 0.0600. The molecule has 0 aromatic carbocycles. The second-order valence-corrected chi connectivity index (χ2v) is 8.26. The van der Waals surface area contributed by atoms with Crippen molar-refractivity contribution in [2.24, 2.45) is 0 Å². The molecular weight excluding hydrogens is 186 g/mol. The van der Waals surface area contributed by atoms with Crippen molar-refractivity contribution in [3.63, 3.8) is 0 Å². The predicted octanol–water partition coefficient (Wildman–Crippen LogP) is -0.406. The molecule has 0 bridgehead atoms. The lowest BCUT2D eigenvalue weighted by Crippen LogP contribution is -2.34. The van der Waals surface area contributed by atoms with Gasteiger partial charge in [0.2, 0.25) is 5.08 Å². The van der Waals surface area contributed by atoms with Crippen molar-refractivity contribution >= 4 is 20.0 Å². The summed E-state index contributed by atoms with van der Waals surface area (Å²) in [6.07, 6.45) is 2.52. The third kappa shape index (κ3) is 4.49. The number of hydrogen-bond acceptors (Lipinski definition) is 3. The van der Waals surface area contributed by atoms with Gasteiger partial charge in [0, 0.05) is 20.4 Å². The summed E-state index contributed by atoms with van der Waals surface area (Å²) in [5, 5.41) is -0.271. The van der Waals surface area contributed by atoms with E-state index in [0.717, 1.165) is 6.26 Å². The van der Waals surface area contributed by atoms with Crippen LogP contribution in [0.25, 0.3) is 0 Å². The summed E-state index contributed by atoms with van der Waals surface area (Å²) in [5.41, 5.74) is 0. The maximum Gasteiger partial charge on any atom is 0.228 e. The maximum absolute atomic E-state index is 11.4. The van der Waals surface area contributed by atoms with Crippen molar-refractivity contribution in [2.45, 2.75) is 0 Å². The highest BCUT2D eigenvalue weighted by Gasteiger charge is 2.29. The molecule has 0 radical (unpaired) electrons. The van der Waals surface area contributed by atoms with Crippen molar-refractivity contribution in [1.82, 2.24) is 4.31 Å². The quantitative estimate of drug-likeness (QED) is 0.582. The van der Waals surface area contributed by atoms with Crippen molar-refractivity contribution < 1.29 is 12.6 Å². The molecule has 0 N–H and O–H groups in total. The highest BCUT2D eigenvalue weighted by atomic mass is 32.3. The molecule has 1 atom stereocenters. The Morgan fingerprint density at radius 1 is 1.36 bits per heavy atom. The summed E-state index contributed by atoms with van der Waals surface area (Å²) in [5.74, 6) is 0. The molecular formula is C5H14NO3S2+. The lowest BCUT2D eigenvalue weighted by Gasteiger charge is -2.11. The van der Waals surface area contributed by atoms with Gasteiger partial charge in [0.25, 0.3) is 0 Å². The van der Waals surface area contributed by atoms with E-state index in [9.17, 15) is 12.6 Å². The molecule has 4 nitrogen and oxygen atoms in total. The summed E-state index contributed by atoms with van der Waals surface area (Å²) in [6.45, 7) is 0. The Kier molecular flexibility index (Phi) is 3.22. The van der Waals surface area contributed by atoms with Crippen molar-refractivity contribution in [2.75, 3.05) is 31.7 Å². The van der Waals surface area contributed by atoms with Crippen LogP contribution in [0.1, 0.15) is 0 Å². The molecule has 68 valence electrons. The SMILES string of the molecule is CN(C)[S+](C)(=O)CS(C)(=O)=O. The molecule has 6 heteroatoms. The molecule has 11 heavy (non-hydrogen) atoms. The molecule has 0 heterocycles.